The fourth-order valence-corrected chi connectivity index (χ4v) is 3.47. The largest absolute Gasteiger partial charge is 0.469 e. The van der Waals surface area contributed by atoms with Gasteiger partial charge in [-0.3, -0.25) is 9.78 Å². The number of hydrogen-bond donors (Lipinski definition) is 1. The first-order valence-electron chi connectivity index (χ1n) is 10.9. The van der Waals surface area contributed by atoms with E-state index in [0.29, 0.717) is 32.2 Å². The van der Waals surface area contributed by atoms with Crippen molar-refractivity contribution in [2.24, 2.45) is 12.2 Å². The number of nitrogens with zero attached hydrogens (tertiary/aromatic N) is 3. The third-order valence-corrected chi connectivity index (χ3v) is 5.40. The smallest absolute Gasteiger partial charge is 0.258 e. The third kappa shape index (κ3) is 6.20. The molecule has 1 N–H and O–H groups in total. The van der Waals surface area contributed by atoms with E-state index in [-0.39, 0.29) is 12.5 Å². The fraction of sp³-hybridized carbons (Fsp3) is 0.320. The molecule has 0 saturated carbocycles. The van der Waals surface area contributed by atoms with Crippen LogP contribution < -0.4 is 10.1 Å². The van der Waals surface area contributed by atoms with E-state index in [0.717, 1.165) is 34.2 Å². The van der Waals surface area contributed by atoms with Crippen LogP contribution in [0.1, 0.15) is 24.5 Å². The van der Waals surface area contributed by atoms with Gasteiger partial charge in [-0.15, -0.1) is 0 Å². The third-order valence-electron chi connectivity index (χ3n) is 5.40. The average Bonchev–Trinajstić information content (AvgIpc) is 3.22. The summed E-state index contributed by atoms with van der Waals surface area (Å²) >= 11 is 0. The molecule has 0 bridgehead atoms. The lowest BCUT2D eigenvalue weighted by molar-refractivity contribution is -0.123. The van der Waals surface area contributed by atoms with Gasteiger partial charge in [0.15, 0.2) is 12.5 Å². The van der Waals surface area contributed by atoms with Crippen molar-refractivity contribution < 1.29 is 19.1 Å². The first-order valence-corrected chi connectivity index (χ1v) is 10.9. The van der Waals surface area contributed by atoms with Crippen LogP contribution in [0, 0.1) is 0 Å². The van der Waals surface area contributed by atoms with Crippen LogP contribution in [0.2, 0.25) is 0 Å². The zero-order valence-electron chi connectivity index (χ0n) is 18.9. The molecule has 8 nitrogen and oxygen atoms in total. The van der Waals surface area contributed by atoms with Crippen molar-refractivity contribution in [2.75, 3.05) is 26.4 Å². The lowest BCUT2D eigenvalue weighted by Gasteiger charge is -2.14. The Balaban J connectivity index is 1.27. The SMILES string of the molecule is C/C(=N\OCc1ccc2cccnc2c1)c1cc(OCC(=O)NCC2=CCOCC2)n(C)c1. The highest BCUT2D eigenvalue weighted by Gasteiger charge is 2.11. The van der Waals surface area contributed by atoms with Crippen molar-refractivity contribution in [3.05, 3.63) is 71.6 Å². The van der Waals surface area contributed by atoms with Crippen LogP contribution >= 0.6 is 0 Å². The van der Waals surface area contributed by atoms with Gasteiger partial charge in [0.1, 0.15) is 6.61 Å². The van der Waals surface area contributed by atoms with Crippen molar-refractivity contribution in [1.29, 1.82) is 0 Å². The number of aromatic nitrogens is 2. The quantitative estimate of drug-likeness (QED) is 0.308. The summed E-state index contributed by atoms with van der Waals surface area (Å²) < 4.78 is 12.8. The molecular formula is C25H28N4O4. The number of rotatable bonds is 9. The van der Waals surface area contributed by atoms with Crippen molar-refractivity contribution in [1.82, 2.24) is 14.9 Å². The number of fused-ring (bicyclic) bond motifs is 1. The minimum absolute atomic E-state index is 0.0518. The van der Waals surface area contributed by atoms with Crippen LogP contribution in [0.5, 0.6) is 5.88 Å². The van der Waals surface area contributed by atoms with Gasteiger partial charge in [-0.05, 0) is 31.0 Å². The highest BCUT2D eigenvalue weighted by atomic mass is 16.6. The van der Waals surface area contributed by atoms with E-state index in [1.54, 1.807) is 6.20 Å². The van der Waals surface area contributed by atoms with Crippen LogP contribution in [0.15, 0.2) is 65.6 Å². The molecule has 0 radical (unpaired) electrons. The molecule has 1 aliphatic rings. The summed E-state index contributed by atoms with van der Waals surface area (Å²) in [6.07, 6.45) is 6.52. The molecule has 0 atom stereocenters. The van der Waals surface area contributed by atoms with E-state index < -0.39 is 0 Å². The molecule has 2 aromatic heterocycles. The molecule has 0 spiro atoms. The predicted octanol–water partition coefficient (Wildman–Crippen LogP) is 3.36. The maximum atomic E-state index is 12.1. The van der Waals surface area contributed by atoms with E-state index in [9.17, 15) is 4.79 Å². The Bertz CT molecular complexity index is 1180. The minimum Gasteiger partial charge on any atom is -0.469 e. The maximum absolute atomic E-state index is 12.1. The van der Waals surface area contributed by atoms with Crippen LogP contribution in [-0.4, -0.2) is 47.5 Å². The molecule has 3 aromatic rings. The first-order chi connectivity index (χ1) is 16.1. The number of benzene rings is 1. The second-order valence-electron chi connectivity index (χ2n) is 7.91. The standard InChI is InChI=1S/C25H28N4O4/c1-18(28-33-16-20-5-6-21-4-3-9-26-23(21)12-20)22-13-25(29(2)15-22)32-17-24(30)27-14-19-7-10-31-11-8-19/h3-7,9,12-13,15H,8,10-11,14,16-17H2,1-2H3,(H,27,30)/b28-18+. The van der Waals surface area contributed by atoms with Crippen LogP contribution in [-0.2, 0) is 28.0 Å². The number of oxime groups is 1. The summed E-state index contributed by atoms with van der Waals surface area (Å²) in [5.41, 5.74) is 4.69. The number of nitrogens with one attached hydrogen (secondary N) is 1. The van der Waals surface area contributed by atoms with Gasteiger partial charge in [-0.2, -0.15) is 0 Å². The summed E-state index contributed by atoms with van der Waals surface area (Å²) in [6, 6.07) is 11.8. The normalized spacial score (nSPS) is 14.1. The van der Waals surface area contributed by atoms with Gasteiger partial charge >= 0.3 is 0 Å². The zero-order valence-corrected chi connectivity index (χ0v) is 18.9. The monoisotopic (exact) mass is 448 g/mol. The van der Waals surface area contributed by atoms with E-state index in [1.807, 2.05) is 67.2 Å². The van der Waals surface area contributed by atoms with Crippen LogP contribution in [0.3, 0.4) is 0 Å². The van der Waals surface area contributed by atoms with Gasteiger partial charge < -0.3 is 24.2 Å². The lowest BCUT2D eigenvalue weighted by Crippen LogP contribution is -2.31. The summed E-state index contributed by atoms with van der Waals surface area (Å²) in [5.74, 6) is 0.421. The zero-order chi connectivity index (χ0) is 23.0. The molecular weight excluding hydrogens is 420 g/mol. The van der Waals surface area contributed by atoms with Gasteiger partial charge in [0.05, 0.1) is 24.4 Å². The number of pyridine rings is 1. The van der Waals surface area contributed by atoms with Crippen LogP contribution in [0.25, 0.3) is 10.9 Å². The highest BCUT2D eigenvalue weighted by molar-refractivity contribution is 5.98. The van der Waals surface area contributed by atoms with Gasteiger partial charge in [0, 0.05) is 43.0 Å². The highest BCUT2D eigenvalue weighted by Crippen LogP contribution is 2.17. The summed E-state index contributed by atoms with van der Waals surface area (Å²) in [6.45, 7) is 4.01. The topological polar surface area (TPSA) is 87.0 Å². The van der Waals surface area contributed by atoms with E-state index in [4.69, 9.17) is 14.3 Å². The number of carbonyl (C=O) groups excluding carboxylic acids is 1. The second-order valence-corrected chi connectivity index (χ2v) is 7.91. The molecule has 3 heterocycles. The van der Waals surface area contributed by atoms with Crippen LogP contribution in [0.4, 0.5) is 0 Å². The Morgan fingerprint density at radius 3 is 3.06 bits per heavy atom. The number of ether oxygens (including phenoxy) is 2. The molecule has 0 fully saturated rings. The molecule has 1 amide bonds. The minimum atomic E-state index is -0.163. The van der Waals surface area contributed by atoms with Gasteiger partial charge in [-0.25, -0.2) is 0 Å². The van der Waals surface area contributed by atoms with Crippen molar-refractivity contribution in [3.63, 3.8) is 0 Å². The Morgan fingerprint density at radius 2 is 2.21 bits per heavy atom. The number of carbonyl (C=O) groups is 1. The van der Waals surface area contributed by atoms with Gasteiger partial charge in [0.25, 0.3) is 5.91 Å². The second kappa shape index (κ2) is 10.8. The Hall–Kier alpha value is -3.65. The molecule has 1 aliphatic heterocycles. The summed E-state index contributed by atoms with van der Waals surface area (Å²) in [7, 11) is 1.86. The summed E-state index contributed by atoms with van der Waals surface area (Å²) in [5, 5.41) is 8.20. The Labute approximate surface area is 192 Å². The molecule has 1 aromatic carbocycles. The van der Waals surface area contributed by atoms with E-state index in [2.05, 4.69) is 15.5 Å². The van der Waals surface area contributed by atoms with E-state index in [1.165, 1.54) is 5.57 Å². The van der Waals surface area contributed by atoms with Gasteiger partial charge in [-0.1, -0.05) is 35.0 Å². The Kier molecular flexibility index (Phi) is 7.36. The maximum Gasteiger partial charge on any atom is 0.258 e. The first kappa shape index (κ1) is 22.5. The molecule has 33 heavy (non-hydrogen) atoms. The molecule has 0 aliphatic carbocycles. The van der Waals surface area contributed by atoms with Crippen molar-refractivity contribution in [3.8, 4) is 5.88 Å². The van der Waals surface area contributed by atoms with E-state index >= 15 is 0 Å². The fourth-order valence-electron chi connectivity index (χ4n) is 3.47. The molecule has 172 valence electrons. The molecule has 0 unspecified atom stereocenters. The van der Waals surface area contributed by atoms with Crippen molar-refractivity contribution in [2.45, 2.75) is 20.0 Å². The molecule has 0 saturated heterocycles. The predicted molar refractivity (Wildman–Crippen MR) is 126 cm³/mol. The van der Waals surface area contributed by atoms with Gasteiger partial charge in [0.2, 0.25) is 0 Å². The number of hydrogen-bond acceptors (Lipinski definition) is 6. The van der Waals surface area contributed by atoms with Crippen molar-refractivity contribution >= 4 is 22.5 Å². The Morgan fingerprint density at radius 1 is 1.30 bits per heavy atom. The molecule has 4 rings (SSSR count). The lowest BCUT2D eigenvalue weighted by atomic mass is 10.1. The number of aryl methyl sites for hydroxylation is 1. The number of amides is 1. The molecule has 8 heteroatoms. The average molecular weight is 449 g/mol. The summed E-state index contributed by atoms with van der Waals surface area (Å²) in [4.78, 5) is 22.0.